The van der Waals surface area contributed by atoms with Gasteiger partial charge in [0.2, 0.25) is 11.8 Å². The average Bonchev–Trinajstić information content (AvgIpc) is 3.08. The summed E-state index contributed by atoms with van der Waals surface area (Å²) in [6, 6.07) is 10.9. The molecular formula is C18H22N2O3S. The smallest absolute Gasteiger partial charge is 0.222 e. The molecule has 128 valence electrons. The molecule has 0 fully saturated rings. The normalized spacial score (nSPS) is 13.0. The molecule has 1 heterocycles. The Kier molecular flexibility index (Phi) is 6.37. The fourth-order valence-corrected chi connectivity index (χ4v) is 3.32. The van der Waals surface area contributed by atoms with Crippen LogP contribution in [0.3, 0.4) is 0 Å². The minimum Gasteiger partial charge on any atom is -0.496 e. The summed E-state index contributed by atoms with van der Waals surface area (Å²) in [4.78, 5) is 24.8. The van der Waals surface area contributed by atoms with Gasteiger partial charge in [0, 0.05) is 17.4 Å². The molecule has 0 aliphatic heterocycles. The first kappa shape index (κ1) is 18.0. The summed E-state index contributed by atoms with van der Waals surface area (Å²) in [6.07, 6.45) is 0.194. The van der Waals surface area contributed by atoms with Crippen LogP contribution < -0.4 is 15.4 Å². The Balaban J connectivity index is 2.03. The Bertz CT molecular complexity index is 685. The molecule has 2 N–H and O–H groups in total. The van der Waals surface area contributed by atoms with Crippen molar-refractivity contribution >= 4 is 23.2 Å². The van der Waals surface area contributed by atoms with Crippen LogP contribution in [0.1, 0.15) is 42.8 Å². The SMILES string of the molecule is COc1ccccc1[C@@H](C)NC(=O)C[C@H](NC(C)=O)c1cccs1. The second-order valence-corrected chi connectivity index (χ2v) is 6.48. The van der Waals surface area contributed by atoms with Crippen molar-refractivity contribution in [2.75, 3.05) is 7.11 Å². The van der Waals surface area contributed by atoms with Gasteiger partial charge in [0.25, 0.3) is 0 Å². The van der Waals surface area contributed by atoms with Crippen LogP contribution in [-0.4, -0.2) is 18.9 Å². The summed E-state index contributed by atoms with van der Waals surface area (Å²) in [5.41, 5.74) is 0.917. The Labute approximate surface area is 146 Å². The quantitative estimate of drug-likeness (QED) is 0.809. The topological polar surface area (TPSA) is 67.4 Å². The summed E-state index contributed by atoms with van der Waals surface area (Å²) < 4.78 is 5.33. The Morgan fingerprint density at radius 2 is 1.92 bits per heavy atom. The van der Waals surface area contributed by atoms with Crippen LogP contribution in [0.15, 0.2) is 41.8 Å². The van der Waals surface area contributed by atoms with Crippen LogP contribution >= 0.6 is 11.3 Å². The number of nitrogens with one attached hydrogen (secondary N) is 2. The minimum absolute atomic E-state index is 0.124. The van der Waals surface area contributed by atoms with Gasteiger partial charge in [-0.25, -0.2) is 0 Å². The summed E-state index contributed by atoms with van der Waals surface area (Å²) in [5, 5.41) is 7.74. The number of methoxy groups -OCH3 is 1. The van der Waals surface area contributed by atoms with E-state index in [1.807, 2.05) is 48.7 Å². The van der Waals surface area contributed by atoms with Crippen LogP contribution in [0.2, 0.25) is 0 Å². The summed E-state index contributed by atoms with van der Waals surface area (Å²) in [7, 11) is 1.61. The number of amides is 2. The lowest BCUT2D eigenvalue weighted by Crippen LogP contribution is -2.33. The van der Waals surface area contributed by atoms with E-state index in [9.17, 15) is 9.59 Å². The molecule has 2 amide bonds. The highest BCUT2D eigenvalue weighted by molar-refractivity contribution is 7.10. The van der Waals surface area contributed by atoms with E-state index in [2.05, 4.69) is 10.6 Å². The molecule has 0 bridgehead atoms. The molecule has 0 saturated heterocycles. The third-order valence-electron chi connectivity index (χ3n) is 3.64. The van der Waals surface area contributed by atoms with Gasteiger partial charge in [-0.15, -0.1) is 11.3 Å². The van der Waals surface area contributed by atoms with E-state index >= 15 is 0 Å². The van der Waals surface area contributed by atoms with Crippen molar-refractivity contribution in [3.63, 3.8) is 0 Å². The van der Waals surface area contributed by atoms with Crippen LogP contribution in [0, 0.1) is 0 Å². The second-order valence-electron chi connectivity index (χ2n) is 5.50. The molecule has 2 atom stereocenters. The van der Waals surface area contributed by atoms with Gasteiger partial charge in [0.1, 0.15) is 5.75 Å². The van der Waals surface area contributed by atoms with Crippen molar-refractivity contribution in [3.8, 4) is 5.75 Å². The summed E-state index contributed by atoms with van der Waals surface area (Å²) >= 11 is 1.52. The van der Waals surface area contributed by atoms with Gasteiger partial charge < -0.3 is 15.4 Å². The molecule has 2 rings (SSSR count). The standard InChI is InChI=1S/C18H22N2O3S/c1-12(14-7-4-5-8-16(14)23-3)19-18(22)11-15(20-13(2)21)17-9-6-10-24-17/h4-10,12,15H,11H2,1-3H3,(H,19,22)(H,20,21)/t12-,15+/m1/s1. The molecule has 0 saturated carbocycles. The molecule has 0 spiro atoms. The summed E-state index contributed by atoms with van der Waals surface area (Å²) in [5.74, 6) is 0.460. The van der Waals surface area contributed by atoms with Gasteiger partial charge in [-0.2, -0.15) is 0 Å². The third-order valence-corrected chi connectivity index (χ3v) is 4.62. The maximum Gasteiger partial charge on any atom is 0.222 e. The molecule has 5 nitrogen and oxygen atoms in total. The maximum absolute atomic E-state index is 12.4. The fourth-order valence-electron chi connectivity index (χ4n) is 2.55. The van der Waals surface area contributed by atoms with Crippen molar-refractivity contribution in [2.45, 2.75) is 32.4 Å². The van der Waals surface area contributed by atoms with Crippen molar-refractivity contribution in [3.05, 3.63) is 52.2 Å². The zero-order valence-electron chi connectivity index (χ0n) is 14.0. The molecular weight excluding hydrogens is 324 g/mol. The third kappa shape index (κ3) is 4.83. The fraction of sp³-hybridized carbons (Fsp3) is 0.333. The first-order valence-electron chi connectivity index (χ1n) is 7.74. The van der Waals surface area contributed by atoms with Crippen LogP contribution in [-0.2, 0) is 9.59 Å². The van der Waals surface area contributed by atoms with E-state index in [-0.39, 0.29) is 30.3 Å². The van der Waals surface area contributed by atoms with Gasteiger partial charge in [-0.1, -0.05) is 24.3 Å². The van der Waals surface area contributed by atoms with E-state index < -0.39 is 0 Å². The lowest BCUT2D eigenvalue weighted by atomic mass is 10.1. The van der Waals surface area contributed by atoms with Crippen LogP contribution in [0.4, 0.5) is 0 Å². The number of benzene rings is 1. The van der Waals surface area contributed by atoms with E-state index in [4.69, 9.17) is 4.74 Å². The predicted molar refractivity (Wildman–Crippen MR) is 95.0 cm³/mol. The molecule has 0 radical (unpaired) electrons. The number of hydrogen-bond donors (Lipinski definition) is 2. The van der Waals surface area contributed by atoms with Crippen molar-refractivity contribution in [1.82, 2.24) is 10.6 Å². The van der Waals surface area contributed by atoms with Gasteiger partial charge in [-0.05, 0) is 24.4 Å². The highest BCUT2D eigenvalue weighted by atomic mass is 32.1. The summed E-state index contributed by atoms with van der Waals surface area (Å²) in [6.45, 7) is 3.37. The highest BCUT2D eigenvalue weighted by Gasteiger charge is 2.20. The number of carbonyl (C=O) groups excluding carboxylic acids is 2. The number of carbonyl (C=O) groups is 2. The van der Waals surface area contributed by atoms with E-state index in [0.717, 1.165) is 16.2 Å². The maximum atomic E-state index is 12.4. The number of hydrogen-bond acceptors (Lipinski definition) is 4. The predicted octanol–water partition coefficient (Wildman–Crippen LogP) is 3.20. The number of thiophene rings is 1. The van der Waals surface area contributed by atoms with Gasteiger partial charge >= 0.3 is 0 Å². The van der Waals surface area contributed by atoms with E-state index in [1.54, 1.807) is 7.11 Å². The minimum atomic E-state index is -0.313. The number of rotatable bonds is 7. The monoisotopic (exact) mass is 346 g/mol. The molecule has 1 aromatic heterocycles. The Morgan fingerprint density at radius 3 is 2.54 bits per heavy atom. The zero-order chi connectivity index (χ0) is 17.5. The first-order valence-corrected chi connectivity index (χ1v) is 8.62. The molecule has 24 heavy (non-hydrogen) atoms. The van der Waals surface area contributed by atoms with Crippen LogP contribution in [0.5, 0.6) is 5.75 Å². The molecule has 1 aromatic carbocycles. The lowest BCUT2D eigenvalue weighted by Gasteiger charge is -2.20. The van der Waals surface area contributed by atoms with Crippen LogP contribution in [0.25, 0.3) is 0 Å². The molecule has 0 unspecified atom stereocenters. The molecule has 0 aliphatic rings. The second kappa shape index (κ2) is 8.49. The van der Waals surface area contributed by atoms with Crippen molar-refractivity contribution < 1.29 is 14.3 Å². The molecule has 6 heteroatoms. The Morgan fingerprint density at radius 1 is 1.17 bits per heavy atom. The van der Waals surface area contributed by atoms with Crippen molar-refractivity contribution in [2.24, 2.45) is 0 Å². The van der Waals surface area contributed by atoms with E-state index in [1.165, 1.54) is 18.3 Å². The van der Waals surface area contributed by atoms with Gasteiger partial charge in [0.05, 0.1) is 25.6 Å². The number of ether oxygens (including phenoxy) is 1. The largest absolute Gasteiger partial charge is 0.496 e. The number of para-hydroxylation sites is 1. The van der Waals surface area contributed by atoms with Gasteiger partial charge in [-0.3, -0.25) is 9.59 Å². The van der Waals surface area contributed by atoms with E-state index in [0.29, 0.717) is 0 Å². The first-order chi connectivity index (χ1) is 11.5. The lowest BCUT2D eigenvalue weighted by molar-refractivity contribution is -0.123. The zero-order valence-corrected chi connectivity index (χ0v) is 14.9. The highest BCUT2D eigenvalue weighted by Crippen LogP contribution is 2.26. The molecule has 0 aliphatic carbocycles. The Hall–Kier alpha value is -2.34. The van der Waals surface area contributed by atoms with Gasteiger partial charge in [0.15, 0.2) is 0 Å². The average molecular weight is 346 g/mol. The van der Waals surface area contributed by atoms with Crippen molar-refractivity contribution in [1.29, 1.82) is 0 Å². The molecule has 2 aromatic rings.